The summed E-state index contributed by atoms with van der Waals surface area (Å²) < 4.78 is 15.9. The maximum absolute atomic E-state index is 12.3. The van der Waals surface area contributed by atoms with Gasteiger partial charge in [0.05, 0.1) is 21.3 Å². The number of methoxy groups -OCH3 is 3. The second-order valence-electron chi connectivity index (χ2n) is 6.10. The van der Waals surface area contributed by atoms with Crippen LogP contribution in [0.1, 0.15) is 29.5 Å². The molecule has 0 unspecified atom stereocenters. The number of rotatable bonds is 4. The van der Waals surface area contributed by atoms with E-state index in [2.05, 4.69) is 19.1 Å². The molecule has 2 atom stereocenters. The summed E-state index contributed by atoms with van der Waals surface area (Å²) in [5.74, 6) is 1.05. The van der Waals surface area contributed by atoms with Crippen LogP contribution >= 0.6 is 0 Å². The molecular formula is C21H22O4. The third-order valence-corrected chi connectivity index (χ3v) is 4.81. The van der Waals surface area contributed by atoms with Crippen LogP contribution in [-0.2, 0) is 9.53 Å². The van der Waals surface area contributed by atoms with E-state index in [-0.39, 0.29) is 17.8 Å². The van der Waals surface area contributed by atoms with Gasteiger partial charge in [-0.1, -0.05) is 37.3 Å². The molecule has 4 nitrogen and oxygen atoms in total. The highest BCUT2D eigenvalue weighted by molar-refractivity contribution is 5.96. The van der Waals surface area contributed by atoms with Gasteiger partial charge in [-0.25, -0.2) is 4.79 Å². The number of fused-ring (bicyclic) bond motifs is 1. The lowest BCUT2D eigenvalue weighted by atomic mass is 9.72. The minimum atomic E-state index is -0.297. The smallest absolute Gasteiger partial charge is 0.334 e. The normalized spacial score (nSPS) is 18.8. The van der Waals surface area contributed by atoms with Crippen LogP contribution in [0, 0.1) is 5.92 Å². The SMILES string of the molecule is COC(=O)C1=Cc2cc(OC)c(OC)cc2[C@H](c2ccccc2)[C@H]1C. The molecule has 0 spiro atoms. The van der Waals surface area contributed by atoms with E-state index < -0.39 is 0 Å². The fourth-order valence-electron chi connectivity index (χ4n) is 3.54. The van der Waals surface area contributed by atoms with Crippen molar-refractivity contribution in [2.75, 3.05) is 21.3 Å². The van der Waals surface area contributed by atoms with Crippen molar-refractivity contribution in [3.8, 4) is 11.5 Å². The second-order valence-corrected chi connectivity index (χ2v) is 6.10. The predicted octanol–water partition coefficient (Wildman–Crippen LogP) is 4.04. The van der Waals surface area contributed by atoms with Crippen LogP contribution in [0.4, 0.5) is 0 Å². The maximum atomic E-state index is 12.3. The molecule has 4 heteroatoms. The van der Waals surface area contributed by atoms with E-state index in [1.807, 2.05) is 36.4 Å². The molecule has 1 aliphatic rings. The number of ether oxygens (including phenoxy) is 3. The summed E-state index contributed by atoms with van der Waals surface area (Å²) in [5.41, 5.74) is 3.88. The van der Waals surface area contributed by atoms with Gasteiger partial charge in [0.1, 0.15) is 0 Å². The van der Waals surface area contributed by atoms with Gasteiger partial charge in [-0.3, -0.25) is 0 Å². The van der Waals surface area contributed by atoms with Crippen molar-refractivity contribution in [3.05, 3.63) is 64.7 Å². The summed E-state index contributed by atoms with van der Waals surface area (Å²) in [4.78, 5) is 12.3. The third kappa shape index (κ3) is 3.00. The highest BCUT2D eigenvalue weighted by Gasteiger charge is 2.34. The maximum Gasteiger partial charge on any atom is 0.334 e. The summed E-state index contributed by atoms with van der Waals surface area (Å²) in [7, 11) is 4.65. The first-order chi connectivity index (χ1) is 12.1. The van der Waals surface area contributed by atoms with Crippen molar-refractivity contribution in [2.45, 2.75) is 12.8 Å². The van der Waals surface area contributed by atoms with Gasteiger partial charge in [-0.05, 0) is 40.8 Å². The van der Waals surface area contributed by atoms with E-state index in [1.165, 1.54) is 7.11 Å². The Labute approximate surface area is 148 Å². The van der Waals surface area contributed by atoms with Crippen LogP contribution in [0.15, 0.2) is 48.0 Å². The first-order valence-corrected chi connectivity index (χ1v) is 8.21. The van der Waals surface area contributed by atoms with E-state index in [4.69, 9.17) is 14.2 Å². The Balaban J connectivity index is 2.24. The van der Waals surface area contributed by atoms with Crippen LogP contribution in [0.25, 0.3) is 6.08 Å². The lowest BCUT2D eigenvalue weighted by Gasteiger charge is -2.32. The molecule has 3 rings (SSSR count). The highest BCUT2D eigenvalue weighted by Crippen LogP contribution is 2.46. The summed E-state index contributed by atoms with van der Waals surface area (Å²) in [6, 6.07) is 14.1. The van der Waals surface area contributed by atoms with Crippen molar-refractivity contribution in [2.24, 2.45) is 5.92 Å². The molecule has 2 aromatic rings. The van der Waals surface area contributed by atoms with Gasteiger partial charge >= 0.3 is 5.97 Å². The van der Waals surface area contributed by atoms with E-state index in [0.717, 1.165) is 16.7 Å². The average Bonchev–Trinajstić information content (AvgIpc) is 2.66. The zero-order chi connectivity index (χ0) is 18.0. The van der Waals surface area contributed by atoms with Gasteiger partial charge in [-0.2, -0.15) is 0 Å². The second kappa shape index (κ2) is 7.01. The first-order valence-electron chi connectivity index (χ1n) is 8.21. The zero-order valence-electron chi connectivity index (χ0n) is 14.9. The third-order valence-electron chi connectivity index (χ3n) is 4.81. The molecular weight excluding hydrogens is 316 g/mol. The lowest BCUT2D eigenvalue weighted by Crippen LogP contribution is -2.23. The number of hydrogen-bond donors (Lipinski definition) is 0. The Morgan fingerprint density at radius 2 is 1.60 bits per heavy atom. The topological polar surface area (TPSA) is 44.8 Å². The fourth-order valence-corrected chi connectivity index (χ4v) is 3.54. The molecule has 0 N–H and O–H groups in total. The van der Waals surface area contributed by atoms with Crippen LogP contribution in [0.3, 0.4) is 0 Å². The molecule has 0 aromatic heterocycles. The molecule has 1 aliphatic carbocycles. The zero-order valence-corrected chi connectivity index (χ0v) is 14.9. The molecule has 0 heterocycles. The van der Waals surface area contributed by atoms with E-state index in [0.29, 0.717) is 17.1 Å². The van der Waals surface area contributed by atoms with Crippen LogP contribution in [-0.4, -0.2) is 27.3 Å². The summed E-state index contributed by atoms with van der Waals surface area (Å²) in [6.07, 6.45) is 1.90. The van der Waals surface area contributed by atoms with E-state index >= 15 is 0 Å². The van der Waals surface area contributed by atoms with Gasteiger partial charge in [0, 0.05) is 11.5 Å². The van der Waals surface area contributed by atoms with Crippen molar-refractivity contribution in [3.63, 3.8) is 0 Å². The number of carbonyl (C=O) groups is 1. The first kappa shape index (κ1) is 17.1. The number of carbonyl (C=O) groups excluding carboxylic acids is 1. The number of benzene rings is 2. The highest BCUT2D eigenvalue weighted by atomic mass is 16.5. The minimum Gasteiger partial charge on any atom is -0.493 e. The molecule has 2 aromatic carbocycles. The van der Waals surface area contributed by atoms with Gasteiger partial charge in [-0.15, -0.1) is 0 Å². The average molecular weight is 338 g/mol. The van der Waals surface area contributed by atoms with Gasteiger partial charge in [0.2, 0.25) is 0 Å². The molecule has 0 bridgehead atoms. The summed E-state index contributed by atoms with van der Waals surface area (Å²) in [6.45, 7) is 2.06. The van der Waals surface area contributed by atoms with Crippen molar-refractivity contribution in [1.29, 1.82) is 0 Å². The quantitative estimate of drug-likeness (QED) is 0.789. The monoisotopic (exact) mass is 338 g/mol. The van der Waals surface area contributed by atoms with E-state index in [9.17, 15) is 4.79 Å². The van der Waals surface area contributed by atoms with Crippen molar-refractivity contribution >= 4 is 12.0 Å². The lowest BCUT2D eigenvalue weighted by molar-refractivity contribution is -0.136. The standard InChI is InChI=1S/C21H22O4/c1-13-16(21(22)25-4)10-15-11-18(23-2)19(24-3)12-17(15)20(13)14-8-6-5-7-9-14/h5-13,20H,1-4H3/t13-,20-/m0/s1. The number of esters is 1. The Hall–Kier alpha value is -2.75. The molecule has 130 valence electrons. The Morgan fingerprint density at radius 3 is 2.20 bits per heavy atom. The molecule has 0 amide bonds. The van der Waals surface area contributed by atoms with Crippen LogP contribution in [0.5, 0.6) is 11.5 Å². The molecule has 0 radical (unpaired) electrons. The van der Waals surface area contributed by atoms with Gasteiger partial charge in [0.25, 0.3) is 0 Å². The Bertz CT molecular complexity index is 808. The van der Waals surface area contributed by atoms with Crippen LogP contribution < -0.4 is 9.47 Å². The molecule has 0 saturated heterocycles. The summed E-state index contributed by atoms with van der Waals surface area (Å²) >= 11 is 0. The Morgan fingerprint density at radius 1 is 0.960 bits per heavy atom. The minimum absolute atomic E-state index is 0.0135. The van der Waals surface area contributed by atoms with Crippen molar-refractivity contribution in [1.82, 2.24) is 0 Å². The molecule has 0 fully saturated rings. The van der Waals surface area contributed by atoms with Gasteiger partial charge < -0.3 is 14.2 Å². The number of hydrogen-bond acceptors (Lipinski definition) is 4. The van der Waals surface area contributed by atoms with E-state index in [1.54, 1.807) is 14.2 Å². The molecule has 25 heavy (non-hydrogen) atoms. The Kier molecular flexibility index (Phi) is 4.79. The summed E-state index contributed by atoms with van der Waals surface area (Å²) in [5, 5.41) is 0. The predicted molar refractivity (Wildman–Crippen MR) is 97.0 cm³/mol. The van der Waals surface area contributed by atoms with Crippen molar-refractivity contribution < 1.29 is 19.0 Å². The fraction of sp³-hybridized carbons (Fsp3) is 0.286. The van der Waals surface area contributed by atoms with Gasteiger partial charge in [0.15, 0.2) is 11.5 Å². The van der Waals surface area contributed by atoms with Crippen LogP contribution in [0.2, 0.25) is 0 Å². The largest absolute Gasteiger partial charge is 0.493 e. The molecule has 0 aliphatic heterocycles. The molecule has 0 saturated carbocycles.